The predicted octanol–water partition coefficient (Wildman–Crippen LogP) is -0.790. The molecule has 0 saturated carbocycles. The maximum absolute atomic E-state index is 12.6. The Balaban J connectivity index is 1.92. The van der Waals surface area contributed by atoms with Crippen LogP contribution in [0.3, 0.4) is 0 Å². The Bertz CT molecular complexity index is 424. The molecule has 116 valence electrons. The summed E-state index contributed by atoms with van der Waals surface area (Å²) in [4.78, 5) is 12.8. The third kappa shape index (κ3) is 3.91. The van der Waals surface area contributed by atoms with E-state index in [9.17, 15) is 13.2 Å². The second kappa shape index (κ2) is 6.84. The average molecular weight is 304 g/mol. The Labute approximate surface area is 120 Å². The first-order chi connectivity index (χ1) is 9.50. The van der Waals surface area contributed by atoms with Crippen LogP contribution in [-0.2, 0) is 15.0 Å². The first-order valence-electron chi connectivity index (χ1n) is 7.26. The fourth-order valence-corrected chi connectivity index (χ4v) is 4.45. The van der Waals surface area contributed by atoms with Crippen molar-refractivity contribution < 1.29 is 13.2 Å². The molecule has 0 unspecified atom stereocenters. The second-order valence-corrected chi connectivity index (χ2v) is 7.39. The number of nitrogens with zero attached hydrogens (tertiary/aromatic N) is 3. The molecule has 2 heterocycles. The molecule has 1 amide bonds. The average Bonchev–Trinajstić information content (AvgIpc) is 2.68. The monoisotopic (exact) mass is 304 g/mol. The molecule has 2 fully saturated rings. The van der Waals surface area contributed by atoms with Crippen LogP contribution in [0.4, 0.5) is 0 Å². The van der Waals surface area contributed by atoms with E-state index in [1.54, 1.807) is 4.31 Å². The normalized spacial score (nSPS) is 24.4. The molecule has 0 spiro atoms. The molecule has 20 heavy (non-hydrogen) atoms. The minimum atomic E-state index is -3.34. The molecule has 2 aliphatic rings. The van der Waals surface area contributed by atoms with Gasteiger partial charge >= 0.3 is 0 Å². The Morgan fingerprint density at radius 2 is 1.35 bits per heavy atom. The first kappa shape index (κ1) is 15.7. The molecule has 0 atom stereocenters. The van der Waals surface area contributed by atoms with Gasteiger partial charge in [-0.2, -0.15) is 17.0 Å². The van der Waals surface area contributed by atoms with Crippen LogP contribution in [0, 0.1) is 0 Å². The van der Waals surface area contributed by atoms with Gasteiger partial charge < -0.3 is 5.73 Å². The molecule has 0 bridgehead atoms. The van der Waals surface area contributed by atoms with Crippen LogP contribution in [0.5, 0.6) is 0 Å². The SMILES string of the molecule is NC(=O)CN1CCN(S(=O)(=O)N2CCCCCC2)CC1. The van der Waals surface area contributed by atoms with Gasteiger partial charge in [-0.15, -0.1) is 0 Å². The molecule has 0 aliphatic carbocycles. The number of hydrogen-bond donors (Lipinski definition) is 1. The third-order valence-corrected chi connectivity index (χ3v) is 5.96. The number of amides is 1. The van der Waals surface area contributed by atoms with Gasteiger partial charge in [0.15, 0.2) is 0 Å². The van der Waals surface area contributed by atoms with Crippen molar-refractivity contribution in [2.24, 2.45) is 5.73 Å². The summed E-state index contributed by atoms with van der Waals surface area (Å²) in [6.07, 6.45) is 4.11. The van der Waals surface area contributed by atoms with Crippen LogP contribution < -0.4 is 5.73 Å². The van der Waals surface area contributed by atoms with E-state index in [1.807, 2.05) is 4.90 Å². The van der Waals surface area contributed by atoms with E-state index >= 15 is 0 Å². The summed E-state index contributed by atoms with van der Waals surface area (Å²) < 4.78 is 28.3. The molecule has 0 aromatic rings. The van der Waals surface area contributed by atoms with Crippen LogP contribution >= 0.6 is 0 Å². The number of nitrogens with two attached hydrogens (primary N) is 1. The topological polar surface area (TPSA) is 87.0 Å². The molecule has 2 rings (SSSR count). The van der Waals surface area contributed by atoms with Crippen molar-refractivity contribution in [1.82, 2.24) is 13.5 Å². The van der Waals surface area contributed by atoms with E-state index < -0.39 is 10.2 Å². The predicted molar refractivity (Wildman–Crippen MR) is 76.2 cm³/mol. The standard InChI is InChI=1S/C12H24N4O3S/c13-12(17)11-14-7-9-16(10-8-14)20(18,19)15-5-3-1-2-4-6-15/h1-11H2,(H2,13,17). The number of hydrogen-bond acceptors (Lipinski definition) is 4. The van der Waals surface area contributed by atoms with Gasteiger partial charge in [0, 0.05) is 39.3 Å². The van der Waals surface area contributed by atoms with Crippen molar-refractivity contribution in [2.45, 2.75) is 25.7 Å². The highest BCUT2D eigenvalue weighted by Crippen LogP contribution is 2.17. The quantitative estimate of drug-likeness (QED) is 0.737. The van der Waals surface area contributed by atoms with E-state index in [4.69, 9.17) is 5.73 Å². The highest BCUT2D eigenvalue weighted by molar-refractivity contribution is 7.86. The van der Waals surface area contributed by atoms with E-state index in [-0.39, 0.29) is 12.5 Å². The van der Waals surface area contributed by atoms with Gasteiger partial charge in [0.2, 0.25) is 5.91 Å². The molecular formula is C12H24N4O3S. The van der Waals surface area contributed by atoms with Gasteiger partial charge in [0.1, 0.15) is 0 Å². The largest absolute Gasteiger partial charge is 0.369 e. The van der Waals surface area contributed by atoms with Gasteiger partial charge in [-0.1, -0.05) is 12.8 Å². The summed E-state index contributed by atoms with van der Waals surface area (Å²) in [6.45, 7) is 3.47. The molecule has 7 nitrogen and oxygen atoms in total. The minimum absolute atomic E-state index is 0.206. The molecule has 0 aromatic heterocycles. The molecule has 2 saturated heterocycles. The summed E-state index contributed by atoms with van der Waals surface area (Å²) in [5.74, 6) is -0.367. The maximum atomic E-state index is 12.6. The van der Waals surface area contributed by atoms with Crippen molar-refractivity contribution in [2.75, 3.05) is 45.8 Å². The van der Waals surface area contributed by atoms with Crippen LogP contribution in [-0.4, -0.2) is 73.6 Å². The van der Waals surface area contributed by atoms with Crippen LogP contribution in [0.15, 0.2) is 0 Å². The zero-order chi connectivity index (χ0) is 14.6. The summed E-state index contributed by atoms with van der Waals surface area (Å²) in [6, 6.07) is 0. The van der Waals surface area contributed by atoms with Crippen LogP contribution in [0.2, 0.25) is 0 Å². The lowest BCUT2D eigenvalue weighted by Gasteiger charge is -2.36. The lowest BCUT2D eigenvalue weighted by Crippen LogP contribution is -2.54. The number of carbonyl (C=O) groups excluding carboxylic acids is 1. The van der Waals surface area contributed by atoms with E-state index in [0.29, 0.717) is 39.3 Å². The lowest BCUT2D eigenvalue weighted by atomic mass is 10.2. The second-order valence-electron chi connectivity index (χ2n) is 5.46. The van der Waals surface area contributed by atoms with Crippen molar-refractivity contribution in [3.63, 3.8) is 0 Å². The highest BCUT2D eigenvalue weighted by Gasteiger charge is 2.32. The van der Waals surface area contributed by atoms with Crippen molar-refractivity contribution >= 4 is 16.1 Å². The first-order valence-corrected chi connectivity index (χ1v) is 8.66. The lowest BCUT2D eigenvalue weighted by molar-refractivity contribution is -0.119. The Hall–Kier alpha value is -0.700. The third-order valence-electron chi connectivity index (χ3n) is 3.93. The van der Waals surface area contributed by atoms with Crippen LogP contribution in [0.25, 0.3) is 0 Å². The molecule has 2 aliphatic heterocycles. The molecular weight excluding hydrogens is 280 g/mol. The zero-order valence-corrected chi connectivity index (χ0v) is 12.6. The van der Waals surface area contributed by atoms with Gasteiger partial charge in [-0.05, 0) is 12.8 Å². The van der Waals surface area contributed by atoms with Crippen molar-refractivity contribution in [1.29, 1.82) is 0 Å². The summed E-state index contributed by atoms with van der Waals surface area (Å²) in [5.41, 5.74) is 5.16. The zero-order valence-electron chi connectivity index (χ0n) is 11.8. The van der Waals surface area contributed by atoms with Crippen molar-refractivity contribution in [3.8, 4) is 0 Å². The van der Waals surface area contributed by atoms with E-state index in [2.05, 4.69) is 0 Å². The molecule has 2 N–H and O–H groups in total. The van der Waals surface area contributed by atoms with E-state index in [0.717, 1.165) is 25.7 Å². The Morgan fingerprint density at radius 3 is 1.85 bits per heavy atom. The number of rotatable bonds is 4. The molecule has 0 aromatic carbocycles. The van der Waals surface area contributed by atoms with Crippen LogP contribution in [0.1, 0.15) is 25.7 Å². The summed E-state index contributed by atoms with van der Waals surface area (Å²) >= 11 is 0. The summed E-state index contributed by atoms with van der Waals surface area (Å²) in [5, 5.41) is 0. The number of primary amides is 1. The highest BCUT2D eigenvalue weighted by atomic mass is 32.2. The van der Waals surface area contributed by atoms with Gasteiger partial charge in [-0.25, -0.2) is 0 Å². The maximum Gasteiger partial charge on any atom is 0.282 e. The number of piperazine rings is 1. The minimum Gasteiger partial charge on any atom is -0.369 e. The van der Waals surface area contributed by atoms with Crippen molar-refractivity contribution in [3.05, 3.63) is 0 Å². The summed E-state index contributed by atoms with van der Waals surface area (Å²) in [7, 11) is -3.34. The Kier molecular flexibility index (Phi) is 5.36. The fourth-order valence-electron chi connectivity index (χ4n) is 2.77. The number of carbonyl (C=O) groups is 1. The smallest absolute Gasteiger partial charge is 0.282 e. The van der Waals surface area contributed by atoms with Gasteiger partial charge in [0.05, 0.1) is 6.54 Å². The Morgan fingerprint density at radius 1 is 0.850 bits per heavy atom. The van der Waals surface area contributed by atoms with Gasteiger partial charge in [-0.3, -0.25) is 9.69 Å². The molecule has 0 radical (unpaired) electrons. The fraction of sp³-hybridized carbons (Fsp3) is 0.917. The molecule has 8 heteroatoms. The van der Waals surface area contributed by atoms with Gasteiger partial charge in [0.25, 0.3) is 10.2 Å². The van der Waals surface area contributed by atoms with E-state index in [1.165, 1.54) is 4.31 Å².